The number of likely N-dealkylation sites (tertiary alicyclic amines) is 1. The zero-order valence-electron chi connectivity index (χ0n) is 7.15. The van der Waals surface area contributed by atoms with Crippen LogP contribution in [0.1, 0.15) is 26.2 Å². The number of hydrogen-bond acceptors (Lipinski definition) is 1. The lowest BCUT2D eigenvalue weighted by Gasteiger charge is -2.36. The molecule has 1 saturated heterocycles. The van der Waals surface area contributed by atoms with Crippen LogP contribution in [0.3, 0.4) is 0 Å². The fourth-order valence-electron chi connectivity index (χ4n) is 1.91. The minimum absolute atomic E-state index is 0.525. The first-order valence-corrected chi connectivity index (χ1v) is 4.60. The fourth-order valence-corrected chi connectivity index (χ4v) is 1.91. The third-order valence-electron chi connectivity index (χ3n) is 3.18. The van der Waals surface area contributed by atoms with Crippen molar-refractivity contribution in [1.29, 1.82) is 0 Å². The largest absolute Gasteiger partial charge is 0.297 e. The van der Waals surface area contributed by atoms with Crippen LogP contribution in [0.25, 0.3) is 0 Å². The molecule has 0 unspecified atom stereocenters. The second-order valence-electron chi connectivity index (χ2n) is 4.14. The van der Waals surface area contributed by atoms with Gasteiger partial charge in [-0.2, -0.15) is 0 Å². The Labute approximate surface area is 67.6 Å². The van der Waals surface area contributed by atoms with Crippen LogP contribution in [0.2, 0.25) is 0 Å². The monoisotopic (exact) mass is 157 g/mol. The molecule has 0 aromatic heterocycles. The molecule has 0 radical (unpaired) electrons. The molecule has 0 amide bonds. The molecule has 1 aliphatic carbocycles. The Balaban J connectivity index is 1.74. The molecule has 2 heteroatoms. The molecular formula is C9H16FN. The standard InChI is InChI=1S/C9H16FN/c1-2-9(3-4-9)7-11-5-8(10)6-11/h8H,2-7H2,1H3. The van der Waals surface area contributed by atoms with E-state index in [1.807, 2.05) is 0 Å². The summed E-state index contributed by atoms with van der Waals surface area (Å²) < 4.78 is 12.4. The Kier molecular flexibility index (Phi) is 1.67. The minimum Gasteiger partial charge on any atom is -0.297 e. The van der Waals surface area contributed by atoms with E-state index in [4.69, 9.17) is 0 Å². The molecule has 1 heterocycles. The van der Waals surface area contributed by atoms with Gasteiger partial charge in [0.1, 0.15) is 6.17 Å². The zero-order valence-corrected chi connectivity index (χ0v) is 7.15. The van der Waals surface area contributed by atoms with Gasteiger partial charge < -0.3 is 0 Å². The van der Waals surface area contributed by atoms with Crippen molar-refractivity contribution in [2.24, 2.45) is 5.41 Å². The van der Waals surface area contributed by atoms with E-state index in [1.165, 1.54) is 19.3 Å². The Bertz CT molecular complexity index is 148. The van der Waals surface area contributed by atoms with Gasteiger partial charge in [-0.25, -0.2) is 4.39 Å². The molecule has 64 valence electrons. The molecule has 0 bridgehead atoms. The quantitative estimate of drug-likeness (QED) is 0.604. The van der Waals surface area contributed by atoms with Gasteiger partial charge in [-0.3, -0.25) is 4.90 Å². The van der Waals surface area contributed by atoms with Crippen molar-refractivity contribution >= 4 is 0 Å². The van der Waals surface area contributed by atoms with Crippen LogP contribution < -0.4 is 0 Å². The number of hydrogen-bond donors (Lipinski definition) is 0. The summed E-state index contributed by atoms with van der Waals surface area (Å²) >= 11 is 0. The van der Waals surface area contributed by atoms with E-state index in [9.17, 15) is 4.39 Å². The first-order valence-electron chi connectivity index (χ1n) is 4.60. The summed E-state index contributed by atoms with van der Waals surface area (Å²) in [5, 5.41) is 0. The SMILES string of the molecule is CCC1(CN2CC(F)C2)CC1. The topological polar surface area (TPSA) is 3.24 Å². The number of nitrogens with zero attached hydrogens (tertiary/aromatic N) is 1. The number of rotatable bonds is 3. The second-order valence-corrected chi connectivity index (χ2v) is 4.14. The lowest BCUT2D eigenvalue weighted by atomic mass is 10.0. The molecule has 0 N–H and O–H groups in total. The average molecular weight is 157 g/mol. The molecule has 11 heavy (non-hydrogen) atoms. The lowest BCUT2D eigenvalue weighted by molar-refractivity contribution is 0.0467. The summed E-state index contributed by atoms with van der Waals surface area (Å²) in [4.78, 5) is 2.25. The molecule has 2 aliphatic rings. The van der Waals surface area contributed by atoms with Crippen molar-refractivity contribution in [3.8, 4) is 0 Å². The van der Waals surface area contributed by atoms with E-state index in [2.05, 4.69) is 11.8 Å². The van der Waals surface area contributed by atoms with Gasteiger partial charge in [0, 0.05) is 19.6 Å². The highest BCUT2D eigenvalue weighted by Crippen LogP contribution is 2.49. The Morgan fingerprint density at radius 2 is 2.09 bits per heavy atom. The van der Waals surface area contributed by atoms with Crippen LogP contribution in [-0.4, -0.2) is 30.7 Å². The summed E-state index contributed by atoms with van der Waals surface area (Å²) in [5.41, 5.74) is 0.611. The van der Waals surface area contributed by atoms with Crippen molar-refractivity contribution in [1.82, 2.24) is 4.90 Å². The van der Waals surface area contributed by atoms with Gasteiger partial charge in [0.25, 0.3) is 0 Å². The van der Waals surface area contributed by atoms with Crippen LogP contribution in [-0.2, 0) is 0 Å². The van der Waals surface area contributed by atoms with E-state index < -0.39 is 6.17 Å². The maximum absolute atomic E-state index is 12.4. The molecule has 0 spiro atoms. The molecule has 0 atom stereocenters. The van der Waals surface area contributed by atoms with Gasteiger partial charge in [0.15, 0.2) is 0 Å². The van der Waals surface area contributed by atoms with Crippen LogP contribution in [0, 0.1) is 5.41 Å². The summed E-state index contributed by atoms with van der Waals surface area (Å²) in [6, 6.07) is 0. The fraction of sp³-hybridized carbons (Fsp3) is 1.00. The summed E-state index contributed by atoms with van der Waals surface area (Å²) in [5.74, 6) is 0. The van der Waals surface area contributed by atoms with Crippen LogP contribution in [0.5, 0.6) is 0 Å². The van der Waals surface area contributed by atoms with Gasteiger partial charge >= 0.3 is 0 Å². The van der Waals surface area contributed by atoms with Gasteiger partial charge in [0.05, 0.1) is 0 Å². The zero-order chi connectivity index (χ0) is 7.90. The van der Waals surface area contributed by atoms with E-state index in [0.717, 1.165) is 6.54 Å². The Morgan fingerprint density at radius 1 is 1.45 bits per heavy atom. The molecule has 1 nitrogen and oxygen atoms in total. The third-order valence-corrected chi connectivity index (χ3v) is 3.18. The van der Waals surface area contributed by atoms with E-state index in [0.29, 0.717) is 18.5 Å². The smallest absolute Gasteiger partial charge is 0.125 e. The number of alkyl halides is 1. The van der Waals surface area contributed by atoms with Crippen molar-refractivity contribution in [2.45, 2.75) is 32.4 Å². The first-order chi connectivity index (χ1) is 5.24. The molecule has 0 aromatic rings. The Hall–Kier alpha value is -0.110. The molecular weight excluding hydrogens is 141 g/mol. The normalized spacial score (nSPS) is 30.0. The highest BCUT2D eigenvalue weighted by atomic mass is 19.1. The van der Waals surface area contributed by atoms with E-state index >= 15 is 0 Å². The predicted molar refractivity (Wildman–Crippen MR) is 43.3 cm³/mol. The number of halogens is 1. The van der Waals surface area contributed by atoms with Crippen LogP contribution >= 0.6 is 0 Å². The van der Waals surface area contributed by atoms with Crippen LogP contribution in [0.15, 0.2) is 0 Å². The first kappa shape index (κ1) is 7.53. The van der Waals surface area contributed by atoms with E-state index in [1.54, 1.807) is 0 Å². The molecule has 1 aliphatic heterocycles. The van der Waals surface area contributed by atoms with Crippen molar-refractivity contribution in [3.05, 3.63) is 0 Å². The third kappa shape index (κ3) is 1.41. The average Bonchev–Trinajstić information content (AvgIpc) is 2.66. The summed E-state index contributed by atoms with van der Waals surface area (Å²) in [6.07, 6.45) is 3.50. The van der Waals surface area contributed by atoms with Crippen molar-refractivity contribution in [3.63, 3.8) is 0 Å². The lowest BCUT2D eigenvalue weighted by Crippen LogP contribution is -2.50. The van der Waals surface area contributed by atoms with Gasteiger partial charge in [-0.1, -0.05) is 6.92 Å². The van der Waals surface area contributed by atoms with Gasteiger partial charge in [0.2, 0.25) is 0 Å². The maximum atomic E-state index is 12.4. The summed E-state index contributed by atoms with van der Waals surface area (Å²) in [6.45, 7) is 4.80. The molecule has 2 rings (SSSR count). The highest BCUT2D eigenvalue weighted by molar-refractivity contribution is 4.96. The van der Waals surface area contributed by atoms with Gasteiger partial charge in [-0.05, 0) is 24.7 Å². The Morgan fingerprint density at radius 3 is 2.45 bits per heavy atom. The minimum atomic E-state index is -0.525. The molecule has 1 saturated carbocycles. The van der Waals surface area contributed by atoms with Crippen molar-refractivity contribution < 1.29 is 4.39 Å². The second kappa shape index (κ2) is 2.44. The van der Waals surface area contributed by atoms with Crippen LogP contribution in [0.4, 0.5) is 4.39 Å². The maximum Gasteiger partial charge on any atom is 0.125 e. The summed E-state index contributed by atoms with van der Waals surface area (Å²) in [7, 11) is 0. The predicted octanol–water partition coefficient (Wildman–Crippen LogP) is 1.83. The van der Waals surface area contributed by atoms with Gasteiger partial charge in [-0.15, -0.1) is 0 Å². The molecule has 0 aromatic carbocycles. The van der Waals surface area contributed by atoms with E-state index in [-0.39, 0.29) is 0 Å². The van der Waals surface area contributed by atoms with Crippen molar-refractivity contribution in [2.75, 3.05) is 19.6 Å². The molecule has 2 fully saturated rings. The highest BCUT2D eigenvalue weighted by Gasteiger charge is 2.44.